The third-order valence-corrected chi connectivity index (χ3v) is 2.85. The monoisotopic (exact) mass is 271 g/mol. The number of hydrogen-bond donors (Lipinski definition) is 0. The molecule has 0 unspecified atom stereocenters. The minimum atomic E-state index is -0.471. The van der Waals surface area contributed by atoms with Gasteiger partial charge in [0, 0.05) is 32.4 Å². The van der Waals surface area contributed by atoms with Crippen molar-refractivity contribution in [2.75, 3.05) is 13.1 Å². The maximum Gasteiger partial charge on any atom is 0.410 e. The Balaban J connectivity index is 2.32. The molecule has 1 amide bonds. The van der Waals surface area contributed by atoms with Gasteiger partial charge in [0.1, 0.15) is 11.7 Å². The molecular weight excluding hydrogens is 246 g/mol. The van der Waals surface area contributed by atoms with Crippen molar-refractivity contribution in [2.45, 2.75) is 65.1 Å². The Labute approximate surface area is 115 Å². The average molecular weight is 271 g/mol. The predicted octanol–water partition coefficient (Wildman–Crippen LogP) is 2.73. The van der Waals surface area contributed by atoms with Crippen molar-refractivity contribution in [2.24, 2.45) is 0 Å². The van der Waals surface area contributed by atoms with Gasteiger partial charge in [-0.05, 0) is 27.2 Å². The highest BCUT2D eigenvalue weighted by Crippen LogP contribution is 2.17. The zero-order valence-corrected chi connectivity index (χ0v) is 12.4. The lowest BCUT2D eigenvalue weighted by Crippen LogP contribution is -2.43. The second-order valence-electron chi connectivity index (χ2n) is 5.91. The van der Waals surface area contributed by atoms with E-state index in [0.29, 0.717) is 32.4 Å². The lowest BCUT2D eigenvalue weighted by Gasteiger charge is -2.33. The first kappa shape index (κ1) is 15.8. The Bertz CT molecular complexity index is 314. The van der Waals surface area contributed by atoms with Crippen molar-refractivity contribution in [3.63, 3.8) is 0 Å². The number of hydrogen-bond acceptors (Lipinski definition) is 4. The Kier molecular flexibility index (Phi) is 5.63. The van der Waals surface area contributed by atoms with Crippen molar-refractivity contribution >= 4 is 12.1 Å². The molecule has 0 saturated carbocycles. The van der Waals surface area contributed by atoms with Crippen LogP contribution in [-0.4, -0.2) is 41.8 Å². The van der Waals surface area contributed by atoms with Crippen molar-refractivity contribution in [3.8, 4) is 0 Å². The lowest BCUT2D eigenvalue weighted by molar-refractivity contribution is -0.151. The van der Waals surface area contributed by atoms with Crippen molar-refractivity contribution in [1.29, 1.82) is 0 Å². The number of piperidine rings is 1. The van der Waals surface area contributed by atoms with Gasteiger partial charge in [0.25, 0.3) is 0 Å². The summed E-state index contributed by atoms with van der Waals surface area (Å²) in [7, 11) is 0. The quantitative estimate of drug-likeness (QED) is 0.741. The van der Waals surface area contributed by atoms with Crippen LogP contribution < -0.4 is 0 Å². The van der Waals surface area contributed by atoms with Crippen LogP contribution in [0.25, 0.3) is 0 Å². The molecule has 0 aliphatic carbocycles. The van der Waals surface area contributed by atoms with Gasteiger partial charge in [-0.1, -0.05) is 6.92 Å². The molecule has 1 saturated heterocycles. The Morgan fingerprint density at radius 1 is 1.21 bits per heavy atom. The smallest absolute Gasteiger partial charge is 0.410 e. The minimum absolute atomic E-state index is 0.0577. The Morgan fingerprint density at radius 3 is 2.26 bits per heavy atom. The summed E-state index contributed by atoms with van der Waals surface area (Å²) in [5.74, 6) is -0.141. The van der Waals surface area contributed by atoms with Crippen LogP contribution in [0.2, 0.25) is 0 Å². The fourth-order valence-electron chi connectivity index (χ4n) is 1.93. The van der Waals surface area contributed by atoms with E-state index in [1.165, 1.54) is 0 Å². The largest absolute Gasteiger partial charge is 0.462 e. The third kappa shape index (κ3) is 5.94. The topological polar surface area (TPSA) is 55.8 Å². The number of rotatable bonds is 3. The maximum atomic E-state index is 11.8. The number of carbonyl (C=O) groups excluding carboxylic acids is 2. The molecule has 1 fully saturated rings. The van der Waals surface area contributed by atoms with Crippen LogP contribution in [-0.2, 0) is 14.3 Å². The normalized spacial score (nSPS) is 17.2. The van der Waals surface area contributed by atoms with Crippen LogP contribution in [0.4, 0.5) is 4.79 Å². The van der Waals surface area contributed by atoms with Gasteiger partial charge >= 0.3 is 12.1 Å². The van der Waals surface area contributed by atoms with E-state index < -0.39 is 5.60 Å². The van der Waals surface area contributed by atoms with Crippen LogP contribution in [0.15, 0.2) is 0 Å². The molecule has 1 heterocycles. The number of nitrogens with zero attached hydrogens (tertiary/aromatic N) is 1. The number of likely N-dealkylation sites (tertiary alicyclic amines) is 1. The zero-order valence-electron chi connectivity index (χ0n) is 12.4. The highest BCUT2D eigenvalue weighted by Gasteiger charge is 2.28. The van der Waals surface area contributed by atoms with E-state index in [-0.39, 0.29) is 18.2 Å². The number of carbonyl (C=O) groups is 2. The van der Waals surface area contributed by atoms with Crippen LogP contribution in [0, 0.1) is 0 Å². The summed E-state index contributed by atoms with van der Waals surface area (Å²) in [6.45, 7) is 8.67. The van der Waals surface area contributed by atoms with Crippen molar-refractivity contribution < 1.29 is 19.1 Å². The number of amides is 1. The fraction of sp³-hybridized carbons (Fsp3) is 0.857. The van der Waals surface area contributed by atoms with Gasteiger partial charge < -0.3 is 14.4 Å². The maximum absolute atomic E-state index is 11.8. The van der Waals surface area contributed by atoms with Gasteiger partial charge in [-0.3, -0.25) is 4.79 Å². The molecule has 110 valence electrons. The highest BCUT2D eigenvalue weighted by atomic mass is 16.6. The summed E-state index contributed by atoms with van der Waals surface area (Å²) < 4.78 is 10.7. The first-order valence-electron chi connectivity index (χ1n) is 6.99. The molecule has 0 aromatic rings. The fourth-order valence-corrected chi connectivity index (χ4v) is 1.93. The SMILES string of the molecule is CCCC(=O)OC1CCN(C(=O)OC(C)(C)C)CC1. The minimum Gasteiger partial charge on any atom is -0.462 e. The van der Waals surface area contributed by atoms with Crippen LogP contribution >= 0.6 is 0 Å². The average Bonchev–Trinajstić information content (AvgIpc) is 2.27. The third-order valence-electron chi connectivity index (χ3n) is 2.85. The molecule has 1 aliphatic heterocycles. The van der Waals surface area contributed by atoms with E-state index in [2.05, 4.69) is 0 Å². The molecule has 0 aromatic carbocycles. The van der Waals surface area contributed by atoms with E-state index in [9.17, 15) is 9.59 Å². The standard InChI is InChI=1S/C14H25NO4/c1-5-6-12(16)18-11-7-9-15(10-8-11)13(17)19-14(2,3)4/h11H,5-10H2,1-4H3. The molecule has 1 rings (SSSR count). The molecule has 0 atom stereocenters. The molecule has 0 bridgehead atoms. The van der Waals surface area contributed by atoms with Crippen LogP contribution in [0.5, 0.6) is 0 Å². The van der Waals surface area contributed by atoms with Crippen molar-refractivity contribution in [3.05, 3.63) is 0 Å². The predicted molar refractivity (Wildman–Crippen MR) is 71.8 cm³/mol. The molecule has 0 spiro atoms. The Morgan fingerprint density at radius 2 is 1.79 bits per heavy atom. The molecule has 1 aliphatic rings. The second-order valence-corrected chi connectivity index (χ2v) is 5.91. The van der Waals surface area contributed by atoms with Gasteiger partial charge in [0.2, 0.25) is 0 Å². The summed E-state index contributed by atoms with van der Waals surface area (Å²) in [6, 6.07) is 0. The summed E-state index contributed by atoms with van der Waals surface area (Å²) in [5.41, 5.74) is -0.471. The molecule has 19 heavy (non-hydrogen) atoms. The molecule has 0 N–H and O–H groups in total. The molecule has 5 nitrogen and oxygen atoms in total. The summed E-state index contributed by atoms with van der Waals surface area (Å²) >= 11 is 0. The van der Waals surface area contributed by atoms with Gasteiger partial charge in [-0.15, -0.1) is 0 Å². The van der Waals surface area contributed by atoms with Crippen LogP contribution in [0.3, 0.4) is 0 Å². The van der Waals surface area contributed by atoms with Gasteiger partial charge in [-0.2, -0.15) is 0 Å². The van der Waals surface area contributed by atoms with Gasteiger partial charge in [0.15, 0.2) is 0 Å². The van der Waals surface area contributed by atoms with E-state index in [1.54, 1.807) is 4.90 Å². The van der Waals surface area contributed by atoms with E-state index >= 15 is 0 Å². The number of ether oxygens (including phenoxy) is 2. The summed E-state index contributed by atoms with van der Waals surface area (Å²) in [6.07, 6.45) is 2.30. The van der Waals surface area contributed by atoms with E-state index in [4.69, 9.17) is 9.47 Å². The molecular formula is C14H25NO4. The summed E-state index contributed by atoms with van der Waals surface area (Å²) in [5, 5.41) is 0. The van der Waals surface area contributed by atoms with Crippen LogP contribution in [0.1, 0.15) is 53.4 Å². The van der Waals surface area contributed by atoms with E-state index in [0.717, 1.165) is 6.42 Å². The van der Waals surface area contributed by atoms with Crippen molar-refractivity contribution in [1.82, 2.24) is 4.90 Å². The lowest BCUT2D eigenvalue weighted by atomic mass is 10.1. The highest BCUT2D eigenvalue weighted by molar-refractivity contribution is 5.70. The second kappa shape index (κ2) is 6.78. The first-order valence-corrected chi connectivity index (χ1v) is 6.99. The zero-order chi connectivity index (χ0) is 14.5. The molecule has 0 aromatic heterocycles. The summed E-state index contributed by atoms with van der Waals surface area (Å²) in [4.78, 5) is 24.9. The number of esters is 1. The van der Waals surface area contributed by atoms with Gasteiger partial charge in [-0.25, -0.2) is 4.79 Å². The Hall–Kier alpha value is -1.26. The van der Waals surface area contributed by atoms with E-state index in [1.807, 2.05) is 27.7 Å². The van der Waals surface area contributed by atoms with Gasteiger partial charge in [0.05, 0.1) is 0 Å². The first-order chi connectivity index (χ1) is 8.81. The molecule has 0 radical (unpaired) electrons. The molecule has 5 heteroatoms.